The summed E-state index contributed by atoms with van der Waals surface area (Å²) in [5.41, 5.74) is -0.954. The van der Waals surface area contributed by atoms with Gasteiger partial charge in [-0.2, -0.15) is 0 Å². The van der Waals surface area contributed by atoms with Crippen molar-refractivity contribution < 1.29 is 19.3 Å². The largest absolute Gasteiger partial charge is 0.325 e. The summed E-state index contributed by atoms with van der Waals surface area (Å²) in [6, 6.07) is 11.5. The average Bonchev–Trinajstić information content (AvgIpc) is 2.88. The second-order valence-corrected chi connectivity index (χ2v) is 6.69. The number of rotatable bonds is 5. The highest BCUT2D eigenvalue weighted by atomic mass is 35.5. The Bertz CT molecular complexity index is 981. The van der Waals surface area contributed by atoms with Gasteiger partial charge in [0.15, 0.2) is 0 Å². The molecule has 2 N–H and O–H groups in total. The quantitative estimate of drug-likeness (QED) is 0.452. The molecular formula is C18H15ClN4O5. The number of carbonyl (C=O) groups is 3. The number of nitrogens with one attached hydrogen (secondary N) is 2. The lowest BCUT2D eigenvalue weighted by atomic mass is 9.92. The lowest BCUT2D eigenvalue weighted by Crippen LogP contribution is -2.42. The third-order valence-electron chi connectivity index (χ3n) is 4.36. The van der Waals surface area contributed by atoms with E-state index in [4.69, 9.17) is 11.6 Å². The topological polar surface area (TPSA) is 122 Å². The lowest BCUT2D eigenvalue weighted by Gasteiger charge is -2.22. The van der Waals surface area contributed by atoms with Crippen LogP contribution in [0.5, 0.6) is 0 Å². The SMILES string of the molecule is C[C@@]1(c2ccccc2)NC(=O)N(CC(=O)Nc2cc([N+](=O)[O-])ccc2Cl)C1=O. The van der Waals surface area contributed by atoms with Gasteiger partial charge in [-0.05, 0) is 18.6 Å². The normalized spacial score (nSPS) is 18.7. The minimum atomic E-state index is -1.29. The van der Waals surface area contributed by atoms with Gasteiger partial charge < -0.3 is 10.6 Å². The first kappa shape index (κ1) is 19.3. The van der Waals surface area contributed by atoms with Gasteiger partial charge in [0.2, 0.25) is 5.91 Å². The van der Waals surface area contributed by atoms with Gasteiger partial charge in [0, 0.05) is 12.1 Å². The Hall–Kier alpha value is -3.46. The van der Waals surface area contributed by atoms with E-state index >= 15 is 0 Å². The number of hydrogen-bond acceptors (Lipinski definition) is 5. The molecule has 4 amide bonds. The Morgan fingerprint density at radius 2 is 1.93 bits per heavy atom. The van der Waals surface area contributed by atoms with Crippen LogP contribution in [0.25, 0.3) is 0 Å². The third kappa shape index (κ3) is 3.52. The number of amides is 4. The molecule has 9 nitrogen and oxygen atoms in total. The molecule has 0 spiro atoms. The van der Waals surface area contributed by atoms with Gasteiger partial charge in [0.1, 0.15) is 12.1 Å². The molecule has 0 aromatic heterocycles. The van der Waals surface area contributed by atoms with Crippen LogP contribution in [0.2, 0.25) is 5.02 Å². The van der Waals surface area contributed by atoms with Crippen LogP contribution in [0.3, 0.4) is 0 Å². The number of benzene rings is 2. The number of hydrogen-bond donors (Lipinski definition) is 2. The Labute approximate surface area is 164 Å². The summed E-state index contributed by atoms with van der Waals surface area (Å²) in [4.78, 5) is 48.4. The van der Waals surface area contributed by atoms with E-state index in [9.17, 15) is 24.5 Å². The summed E-state index contributed by atoms with van der Waals surface area (Å²) in [5, 5.41) is 15.9. The van der Waals surface area contributed by atoms with Crippen molar-refractivity contribution in [1.82, 2.24) is 10.2 Å². The van der Waals surface area contributed by atoms with Crippen LogP contribution < -0.4 is 10.6 Å². The summed E-state index contributed by atoms with van der Waals surface area (Å²) < 4.78 is 0. The van der Waals surface area contributed by atoms with Gasteiger partial charge in [0.05, 0.1) is 15.6 Å². The third-order valence-corrected chi connectivity index (χ3v) is 4.69. The monoisotopic (exact) mass is 402 g/mol. The molecule has 3 rings (SSSR count). The highest BCUT2D eigenvalue weighted by Gasteiger charge is 2.49. The summed E-state index contributed by atoms with van der Waals surface area (Å²) >= 11 is 5.95. The molecule has 0 radical (unpaired) electrons. The number of non-ortho nitro benzene ring substituents is 1. The van der Waals surface area contributed by atoms with E-state index in [1.807, 2.05) is 0 Å². The zero-order chi connectivity index (χ0) is 20.5. The molecule has 2 aromatic carbocycles. The molecule has 1 aliphatic heterocycles. The molecule has 0 aliphatic carbocycles. The average molecular weight is 403 g/mol. The zero-order valence-corrected chi connectivity index (χ0v) is 15.4. The van der Waals surface area contributed by atoms with Crippen LogP contribution in [-0.4, -0.2) is 34.2 Å². The van der Waals surface area contributed by atoms with E-state index in [0.717, 1.165) is 11.0 Å². The lowest BCUT2D eigenvalue weighted by molar-refractivity contribution is -0.384. The molecule has 1 aliphatic rings. The van der Waals surface area contributed by atoms with Crippen molar-refractivity contribution in [3.63, 3.8) is 0 Å². The molecule has 1 atom stereocenters. The number of anilines is 1. The van der Waals surface area contributed by atoms with Crippen molar-refractivity contribution in [1.29, 1.82) is 0 Å². The molecule has 0 saturated carbocycles. The van der Waals surface area contributed by atoms with Crippen molar-refractivity contribution >= 4 is 40.8 Å². The van der Waals surface area contributed by atoms with Gasteiger partial charge in [-0.25, -0.2) is 4.79 Å². The van der Waals surface area contributed by atoms with Crippen LogP contribution in [0.1, 0.15) is 12.5 Å². The van der Waals surface area contributed by atoms with Crippen molar-refractivity contribution in [2.24, 2.45) is 0 Å². The number of nitro groups is 1. The maximum Gasteiger partial charge on any atom is 0.325 e. The fourth-order valence-electron chi connectivity index (χ4n) is 2.86. The summed E-state index contributed by atoms with van der Waals surface area (Å²) in [5.74, 6) is -1.30. The van der Waals surface area contributed by atoms with E-state index < -0.39 is 34.9 Å². The molecule has 0 bridgehead atoms. The molecule has 28 heavy (non-hydrogen) atoms. The van der Waals surface area contributed by atoms with Gasteiger partial charge in [0.25, 0.3) is 11.6 Å². The van der Waals surface area contributed by atoms with Crippen LogP contribution in [0.4, 0.5) is 16.2 Å². The van der Waals surface area contributed by atoms with Gasteiger partial charge in [-0.1, -0.05) is 41.9 Å². The summed E-state index contributed by atoms with van der Waals surface area (Å²) in [6.07, 6.45) is 0. The van der Waals surface area contributed by atoms with E-state index in [0.29, 0.717) is 5.56 Å². The molecule has 1 saturated heterocycles. The van der Waals surface area contributed by atoms with Crippen LogP contribution in [0, 0.1) is 10.1 Å². The second-order valence-electron chi connectivity index (χ2n) is 6.28. The molecule has 10 heteroatoms. The summed E-state index contributed by atoms with van der Waals surface area (Å²) in [7, 11) is 0. The predicted octanol–water partition coefficient (Wildman–Crippen LogP) is 2.65. The zero-order valence-electron chi connectivity index (χ0n) is 14.6. The van der Waals surface area contributed by atoms with E-state index in [1.165, 1.54) is 12.1 Å². The minimum absolute atomic E-state index is 0.0127. The number of imide groups is 1. The first-order valence-corrected chi connectivity index (χ1v) is 8.53. The molecule has 0 unspecified atom stereocenters. The number of halogens is 1. The Morgan fingerprint density at radius 3 is 2.57 bits per heavy atom. The molecular weight excluding hydrogens is 388 g/mol. The Kier molecular flexibility index (Phi) is 5.02. The van der Waals surface area contributed by atoms with Crippen molar-refractivity contribution in [2.45, 2.75) is 12.5 Å². The van der Waals surface area contributed by atoms with Crippen LogP contribution in [0.15, 0.2) is 48.5 Å². The van der Waals surface area contributed by atoms with Gasteiger partial charge in [-0.15, -0.1) is 0 Å². The predicted molar refractivity (Wildman–Crippen MR) is 101 cm³/mol. The molecule has 2 aromatic rings. The van der Waals surface area contributed by atoms with Crippen molar-refractivity contribution in [3.8, 4) is 0 Å². The van der Waals surface area contributed by atoms with Crippen molar-refractivity contribution in [3.05, 3.63) is 69.2 Å². The van der Waals surface area contributed by atoms with Gasteiger partial charge >= 0.3 is 6.03 Å². The smallest absolute Gasteiger partial charge is 0.323 e. The second kappa shape index (κ2) is 7.28. The fraction of sp³-hybridized carbons (Fsp3) is 0.167. The molecule has 1 fully saturated rings. The number of nitrogens with zero attached hydrogens (tertiary/aromatic N) is 2. The summed E-state index contributed by atoms with van der Waals surface area (Å²) in [6.45, 7) is 0.990. The Balaban J connectivity index is 1.76. The van der Waals surface area contributed by atoms with Gasteiger partial charge in [-0.3, -0.25) is 24.6 Å². The minimum Gasteiger partial charge on any atom is -0.323 e. The molecule has 144 valence electrons. The van der Waals surface area contributed by atoms with Crippen LogP contribution in [-0.2, 0) is 15.1 Å². The van der Waals surface area contributed by atoms with E-state index in [-0.39, 0.29) is 16.4 Å². The van der Waals surface area contributed by atoms with Crippen LogP contribution >= 0.6 is 11.6 Å². The van der Waals surface area contributed by atoms with E-state index in [2.05, 4.69) is 10.6 Å². The Morgan fingerprint density at radius 1 is 1.25 bits per heavy atom. The van der Waals surface area contributed by atoms with E-state index in [1.54, 1.807) is 37.3 Å². The highest BCUT2D eigenvalue weighted by molar-refractivity contribution is 6.33. The number of carbonyl (C=O) groups excluding carboxylic acids is 3. The first-order chi connectivity index (χ1) is 13.2. The molecule has 1 heterocycles. The first-order valence-electron chi connectivity index (χ1n) is 8.16. The van der Waals surface area contributed by atoms with Crippen molar-refractivity contribution in [2.75, 3.05) is 11.9 Å². The number of urea groups is 1. The maximum atomic E-state index is 12.8. The fourth-order valence-corrected chi connectivity index (χ4v) is 3.03. The standard InChI is InChI=1S/C18H15ClN4O5/c1-18(11-5-3-2-4-6-11)16(25)22(17(26)21-18)10-15(24)20-14-9-12(23(27)28)7-8-13(14)19/h2-9H,10H2,1H3,(H,20,24)(H,21,26)/t18-/m0/s1. The maximum absolute atomic E-state index is 12.8. The highest BCUT2D eigenvalue weighted by Crippen LogP contribution is 2.29. The number of nitro benzene ring substituents is 1.